The van der Waals surface area contributed by atoms with Crippen LogP contribution in [0.3, 0.4) is 0 Å². The molecule has 1 aromatic heterocycles. The van der Waals surface area contributed by atoms with Crippen molar-refractivity contribution in [1.82, 2.24) is 10.3 Å². The molecule has 0 unspecified atom stereocenters. The van der Waals surface area contributed by atoms with Crippen molar-refractivity contribution in [2.24, 2.45) is 0 Å². The minimum Gasteiger partial charge on any atom is -0.444 e. The third kappa shape index (κ3) is 2.89. The van der Waals surface area contributed by atoms with Crippen LogP contribution in [0.1, 0.15) is 17.3 Å². The van der Waals surface area contributed by atoms with Crippen LogP contribution in [0, 0.1) is 24.6 Å². The molecule has 0 saturated heterocycles. The molecule has 1 amide bonds. The summed E-state index contributed by atoms with van der Waals surface area (Å²) in [7, 11) is 0. The molecular formula is C9H9BrN2O2. The minimum absolute atomic E-state index is 0.259. The van der Waals surface area contributed by atoms with Crippen molar-refractivity contribution in [3.8, 4) is 10.8 Å². The number of oxazole rings is 1. The van der Waals surface area contributed by atoms with Crippen LogP contribution in [0.25, 0.3) is 0 Å². The zero-order valence-electron chi connectivity index (χ0n) is 7.85. The lowest BCUT2D eigenvalue weighted by molar-refractivity contribution is -0.115. The summed E-state index contributed by atoms with van der Waals surface area (Å²) in [5, 5.41) is 2.54. The van der Waals surface area contributed by atoms with E-state index in [1.165, 1.54) is 0 Å². The summed E-state index contributed by atoms with van der Waals surface area (Å²) in [4.78, 5) is 17.3. The second-order valence-corrected chi connectivity index (χ2v) is 3.05. The number of carbonyl (C=O) groups excluding carboxylic acids is 1. The van der Waals surface area contributed by atoms with Crippen molar-refractivity contribution >= 4 is 21.8 Å². The van der Waals surface area contributed by atoms with Crippen molar-refractivity contribution in [3.05, 3.63) is 17.3 Å². The molecule has 1 aromatic rings. The largest absolute Gasteiger partial charge is 0.444 e. The lowest BCUT2D eigenvalue weighted by atomic mass is 10.4. The SMILES string of the molecule is Cc1nc(CNC(=O)C#CBr)oc1C. The van der Waals surface area contributed by atoms with E-state index in [1.54, 1.807) is 0 Å². The second-order valence-electron chi connectivity index (χ2n) is 2.65. The van der Waals surface area contributed by atoms with E-state index in [0.29, 0.717) is 5.89 Å². The van der Waals surface area contributed by atoms with Gasteiger partial charge in [-0.25, -0.2) is 4.98 Å². The summed E-state index contributed by atoms with van der Waals surface area (Å²) in [6.45, 7) is 3.93. The van der Waals surface area contributed by atoms with E-state index in [0.717, 1.165) is 11.5 Å². The standard InChI is InChI=1S/C9H9BrN2O2/c1-6-7(2)14-9(12-6)5-11-8(13)3-4-10/h5H2,1-2H3,(H,11,13). The first-order valence-corrected chi connectivity index (χ1v) is 4.75. The number of amides is 1. The van der Waals surface area contributed by atoms with E-state index in [2.05, 4.69) is 37.0 Å². The molecule has 0 bridgehead atoms. The van der Waals surface area contributed by atoms with E-state index in [4.69, 9.17) is 4.42 Å². The fraction of sp³-hybridized carbons (Fsp3) is 0.333. The quantitative estimate of drug-likeness (QED) is 0.811. The van der Waals surface area contributed by atoms with Crippen LogP contribution in [0.5, 0.6) is 0 Å². The molecule has 1 N–H and O–H groups in total. The number of hydrogen-bond donors (Lipinski definition) is 1. The highest BCUT2D eigenvalue weighted by molar-refractivity contribution is 9.12. The van der Waals surface area contributed by atoms with Gasteiger partial charge in [0.05, 0.1) is 12.2 Å². The lowest BCUT2D eigenvalue weighted by Crippen LogP contribution is -2.20. The molecule has 0 aromatic carbocycles. The van der Waals surface area contributed by atoms with Crippen LogP contribution in [0.4, 0.5) is 0 Å². The average molecular weight is 257 g/mol. The maximum Gasteiger partial charge on any atom is 0.297 e. The Hall–Kier alpha value is -1.28. The molecule has 4 nitrogen and oxygen atoms in total. The molecule has 0 aliphatic carbocycles. The Morgan fingerprint density at radius 2 is 2.36 bits per heavy atom. The Morgan fingerprint density at radius 1 is 1.64 bits per heavy atom. The zero-order chi connectivity index (χ0) is 10.6. The van der Waals surface area contributed by atoms with Crippen LogP contribution < -0.4 is 5.32 Å². The predicted molar refractivity (Wildman–Crippen MR) is 54.5 cm³/mol. The Kier molecular flexibility index (Phi) is 3.72. The highest BCUT2D eigenvalue weighted by Gasteiger charge is 2.05. The number of hydrogen-bond acceptors (Lipinski definition) is 3. The van der Waals surface area contributed by atoms with E-state index in [1.807, 2.05) is 13.8 Å². The summed E-state index contributed by atoms with van der Waals surface area (Å²) in [6.07, 6.45) is 0. The third-order valence-corrected chi connectivity index (χ3v) is 1.83. The van der Waals surface area contributed by atoms with Gasteiger partial charge < -0.3 is 9.73 Å². The van der Waals surface area contributed by atoms with Crippen LogP contribution in [0.15, 0.2) is 4.42 Å². The summed E-state index contributed by atoms with van der Waals surface area (Å²) in [5.74, 6) is 3.17. The lowest BCUT2D eigenvalue weighted by Gasteiger charge is -1.94. The van der Waals surface area contributed by atoms with Crippen LogP contribution in [-0.4, -0.2) is 10.9 Å². The number of rotatable bonds is 2. The monoisotopic (exact) mass is 256 g/mol. The molecular weight excluding hydrogens is 248 g/mol. The number of nitrogens with one attached hydrogen (secondary N) is 1. The van der Waals surface area contributed by atoms with Crippen LogP contribution in [0.2, 0.25) is 0 Å². The van der Waals surface area contributed by atoms with Gasteiger partial charge in [-0.1, -0.05) is 0 Å². The normalized spacial score (nSPS) is 9.07. The predicted octanol–water partition coefficient (Wildman–Crippen LogP) is 1.26. The first kappa shape index (κ1) is 10.8. The van der Waals surface area contributed by atoms with E-state index >= 15 is 0 Å². The Balaban J connectivity index is 2.52. The molecule has 0 spiro atoms. The molecule has 0 aliphatic heterocycles. The van der Waals surface area contributed by atoms with Gasteiger partial charge in [0.15, 0.2) is 0 Å². The number of nitrogens with zero attached hydrogens (tertiary/aromatic N) is 1. The second kappa shape index (κ2) is 4.82. The zero-order valence-corrected chi connectivity index (χ0v) is 9.43. The summed E-state index contributed by atoms with van der Waals surface area (Å²) < 4.78 is 5.26. The molecule has 1 heterocycles. The number of carbonyl (C=O) groups is 1. The van der Waals surface area contributed by atoms with E-state index in [9.17, 15) is 4.79 Å². The van der Waals surface area contributed by atoms with E-state index < -0.39 is 0 Å². The number of aryl methyl sites for hydroxylation is 2. The third-order valence-electron chi connectivity index (χ3n) is 1.63. The van der Waals surface area contributed by atoms with Crippen molar-refractivity contribution in [2.45, 2.75) is 20.4 Å². The highest BCUT2D eigenvalue weighted by atomic mass is 79.9. The minimum atomic E-state index is -0.365. The maximum atomic E-state index is 10.9. The first-order valence-electron chi connectivity index (χ1n) is 3.96. The molecule has 74 valence electrons. The molecule has 1 rings (SSSR count). The number of halogens is 1. The molecule has 0 radical (unpaired) electrons. The molecule has 14 heavy (non-hydrogen) atoms. The van der Waals surface area contributed by atoms with Gasteiger partial charge in [-0.2, -0.15) is 0 Å². The van der Waals surface area contributed by atoms with Gasteiger partial charge in [0.25, 0.3) is 5.91 Å². The smallest absolute Gasteiger partial charge is 0.297 e. The Labute approximate surface area is 90.2 Å². The number of aromatic nitrogens is 1. The van der Waals surface area contributed by atoms with Crippen molar-refractivity contribution in [1.29, 1.82) is 0 Å². The van der Waals surface area contributed by atoms with Crippen molar-refractivity contribution in [3.63, 3.8) is 0 Å². The topological polar surface area (TPSA) is 55.1 Å². The molecule has 0 saturated carbocycles. The van der Waals surface area contributed by atoms with Gasteiger partial charge >= 0.3 is 0 Å². The van der Waals surface area contributed by atoms with Crippen molar-refractivity contribution < 1.29 is 9.21 Å². The Morgan fingerprint density at radius 3 is 2.86 bits per heavy atom. The molecule has 0 atom stereocenters. The van der Waals surface area contributed by atoms with Gasteiger partial charge in [-0.15, -0.1) is 0 Å². The van der Waals surface area contributed by atoms with E-state index in [-0.39, 0.29) is 12.5 Å². The maximum absolute atomic E-state index is 10.9. The van der Waals surface area contributed by atoms with Gasteiger partial charge in [0.1, 0.15) is 5.76 Å². The summed E-state index contributed by atoms with van der Waals surface area (Å²) in [5.41, 5.74) is 0.834. The highest BCUT2D eigenvalue weighted by Crippen LogP contribution is 2.07. The molecule has 0 fully saturated rings. The van der Waals surface area contributed by atoms with Gasteiger partial charge in [-0.3, -0.25) is 4.79 Å². The van der Waals surface area contributed by atoms with Gasteiger partial charge in [0, 0.05) is 21.9 Å². The fourth-order valence-corrected chi connectivity index (χ4v) is 1.04. The van der Waals surface area contributed by atoms with Gasteiger partial charge in [-0.05, 0) is 18.7 Å². The van der Waals surface area contributed by atoms with Crippen molar-refractivity contribution in [2.75, 3.05) is 0 Å². The average Bonchev–Trinajstić information content (AvgIpc) is 2.44. The fourth-order valence-electron chi connectivity index (χ4n) is 0.858. The van der Waals surface area contributed by atoms with Gasteiger partial charge in [0.2, 0.25) is 5.89 Å². The molecule has 5 heteroatoms. The van der Waals surface area contributed by atoms with Crippen LogP contribution >= 0.6 is 15.9 Å². The van der Waals surface area contributed by atoms with Crippen LogP contribution in [-0.2, 0) is 11.3 Å². The molecule has 0 aliphatic rings. The first-order chi connectivity index (χ1) is 6.63. The summed E-state index contributed by atoms with van der Waals surface area (Å²) in [6, 6.07) is 0. The summed E-state index contributed by atoms with van der Waals surface area (Å²) >= 11 is 2.83. The Bertz CT molecular complexity index is 381.